The van der Waals surface area contributed by atoms with E-state index in [1.54, 1.807) is 0 Å². The molecule has 7 aromatic carbocycles. The number of nitrogens with zero attached hydrogens (tertiary/aromatic N) is 2. The van der Waals surface area contributed by atoms with E-state index in [1.165, 1.54) is 40.3 Å². The number of furan rings is 1. The molecule has 4 heterocycles. The molecule has 0 saturated carbocycles. The molecule has 0 saturated heterocycles. The van der Waals surface area contributed by atoms with Gasteiger partial charge in [0.05, 0.1) is 11.1 Å². The van der Waals surface area contributed by atoms with E-state index in [0.29, 0.717) is 11.5 Å². The Kier molecular flexibility index (Phi) is 5.67. The summed E-state index contributed by atoms with van der Waals surface area (Å²) >= 11 is 3.67. The van der Waals surface area contributed by atoms with Gasteiger partial charge in [0.25, 0.3) is 0 Å². The third kappa shape index (κ3) is 4.11. The molecular formula is C43H24N2O2S2. The summed E-state index contributed by atoms with van der Waals surface area (Å²) in [5, 5.41) is 7.14. The molecule has 0 aliphatic carbocycles. The number of benzene rings is 7. The first-order valence-corrected chi connectivity index (χ1v) is 17.8. The number of hydrogen-bond donors (Lipinski definition) is 0. The maximum Gasteiger partial charge on any atom is 0.227 e. The van der Waals surface area contributed by atoms with Gasteiger partial charge in [-0.25, -0.2) is 4.98 Å². The highest BCUT2D eigenvalue weighted by Gasteiger charge is 2.22. The minimum absolute atomic E-state index is 0.599. The summed E-state index contributed by atoms with van der Waals surface area (Å²) in [6.07, 6.45) is 0. The van der Waals surface area contributed by atoms with Gasteiger partial charge in [0.2, 0.25) is 5.89 Å². The smallest absolute Gasteiger partial charge is 0.227 e. The molecule has 0 aliphatic heterocycles. The van der Waals surface area contributed by atoms with Crippen molar-refractivity contribution in [1.82, 2.24) is 4.98 Å². The standard InChI is InChI=1S/C43H24N2O2S2/c1-2-9-25(10-3-1)43-44-33-23-32-36(24-37(33)47-43)46-35-14-8-13-34(42(32)35)45(26-18-20-40-31(21-26)29-12-5-7-16-39(29)48-40)27-17-19-30-28-11-4-6-15-38(28)49-41(30)22-27/h1-24H. The molecule has 6 heteroatoms. The fourth-order valence-corrected chi connectivity index (χ4v) is 9.48. The number of thiophene rings is 2. The lowest BCUT2D eigenvalue weighted by Gasteiger charge is -2.26. The number of rotatable bonds is 4. The minimum Gasteiger partial charge on any atom is -0.456 e. The van der Waals surface area contributed by atoms with Crippen LogP contribution in [0.1, 0.15) is 0 Å². The normalized spacial score (nSPS) is 12.1. The molecule has 0 unspecified atom stereocenters. The van der Waals surface area contributed by atoms with E-state index in [-0.39, 0.29) is 0 Å². The Labute approximate surface area is 287 Å². The van der Waals surface area contributed by atoms with E-state index in [2.05, 4.69) is 108 Å². The summed E-state index contributed by atoms with van der Waals surface area (Å²) in [7, 11) is 0. The van der Waals surface area contributed by atoms with E-state index >= 15 is 0 Å². The topological polar surface area (TPSA) is 42.4 Å². The molecule has 0 fully saturated rings. The monoisotopic (exact) mass is 664 g/mol. The van der Waals surface area contributed by atoms with Crippen molar-refractivity contribution in [2.24, 2.45) is 0 Å². The molecule has 49 heavy (non-hydrogen) atoms. The third-order valence-electron chi connectivity index (χ3n) is 9.48. The third-order valence-corrected chi connectivity index (χ3v) is 11.8. The van der Waals surface area contributed by atoms with Crippen LogP contribution in [0.2, 0.25) is 0 Å². The molecule has 0 atom stereocenters. The highest BCUT2D eigenvalue weighted by atomic mass is 32.1. The van der Waals surface area contributed by atoms with Crippen molar-refractivity contribution < 1.29 is 8.83 Å². The Balaban J connectivity index is 1.18. The van der Waals surface area contributed by atoms with E-state index in [1.807, 2.05) is 65.1 Å². The van der Waals surface area contributed by atoms with Crippen molar-refractivity contribution >= 4 is 113 Å². The van der Waals surface area contributed by atoms with Gasteiger partial charge in [0.15, 0.2) is 5.58 Å². The first-order valence-electron chi connectivity index (χ1n) is 16.2. The van der Waals surface area contributed by atoms with Gasteiger partial charge in [0.1, 0.15) is 16.7 Å². The van der Waals surface area contributed by atoms with Crippen LogP contribution in [0.15, 0.2) is 154 Å². The van der Waals surface area contributed by atoms with Crippen molar-refractivity contribution in [1.29, 1.82) is 0 Å². The van der Waals surface area contributed by atoms with Crippen LogP contribution in [0, 0.1) is 0 Å². The Morgan fingerprint density at radius 3 is 2.00 bits per heavy atom. The van der Waals surface area contributed by atoms with Gasteiger partial charge >= 0.3 is 0 Å². The maximum absolute atomic E-state index is 6.55. The predicted octanol–water partition coefficient (Wildman–Crippen LogP) is 13.6. The van der Waals surface area contributed by atoms with E-state index in [9.17, 15) is 0 Å². The van der Waals surface area contributed by atoms with E-state index in [0.717, 1.165) is 50.1 Å². The van der Waals surface area contributed by atoms with Gasteiger partial charge in [-0.05, 0) is 72.8 Å². The van der Waals surface area contributed by atoms with Crippen molar-refractivity contribution in [3.8, 4) is 11.5 Å². The van der Waals surface area contributed by atoms with E-state index < -0.39 is 0 Å². The van der Waals surface area contributed by atoms with Crippen LogP contribution < -0.4 is 4.90 Å². The molecule has 0 radical (unpaired) electrons. The summed E-state index contributed by atoms with van der Waals surface area (Å²) in [6, 6.07) is 51.5. The number of fused-ring (bicyclic) bond motifs is 10. The second-order valence-electron chi connectivity index (χ2n) is 12.3. The van der Waals surface area contributed by atoms with Crippen LogP contribution in [0.3, 0.4) is 0 Å². The summed E-state index contributed by atoms with van der Waals surface area (Å²) in [5.74, 6) is 0.599. The Morgan fingerprint density at radius 2 is 1.14 bits per heavy atom. The predicted molar refractivity (Wildman–Crippen MR) is 207 cm³/mol. The first kappa shape index (κ1) is 27.0. The summed E-state index contributed by atoms with van der Waals surface area (Å²) in [6.45, 7) is 0. The van der Waals surface area contributed by atoms with Crippen LogP contribution in [-0.2, 0) is 0 Å². The van der Waals surface area contributed by atoms with Crippen LogP contribution >= 0.6 is 22.7 Å². The number of hydrogen-bond acceptors (Lipinski definition) is 6. The van der Waals surface area contributed by atoms with Crippen LogP contribution in [0.4, 0.5) is 17.1 Å². The highest BCUT2D eigenvalue weighted by molar-refractivity contribution is 7.26. The molecule has 4 aromatic heterocycles. The van der Waals surface area contributed by atoms with Gasteiger partial charge in [-0.1, -0.05) is 66.7 Å². The average Bonchev–Trinajstić information content (AvgIpc) is 3.92. The van der Waals surface area contributed by atoms with Crippen molar-refractivity contribution in [3.05, 3.63) is 146 Å². The molecule has 11 aromatic rings. The summed E-state index contributed by atoms with van der Waals surface area (Å²) < 4.78 is 17.9. The Morgan fingerprint density at radius 1 is 0.449 bits per heavy atom. The summed E-state index contributed by atoms with van der Waals surface area (Å²) in [4.78, 5) is 7.29. The number of oxazole rings is 1. The zero-order valence-corrected chi connectivity index (χ0v) is 27.5. The average molecular weight is 665 g/mol. The molecule has 230 valence electrons. The van der Waals surface area contributed by atoms with Gasteiger partial charge in [-0.15, -0.1) is 22.7 Å². The molecule has 4 nitrogen and oxygen atoms in total. The number of aromatic nitrogens is 1. The Bertz CT molecular complexity index is 3080. The molecule has 11 rings (SSSR count). The molecule has 0 amide bonds. The zero-order chi connectivity index (χ0) is 32.1. The first-order chi connectivity index (χ1) is 24.2. The zero-order valence-electron chi connectivity index (χ0n) is 25.9. The minimum atomic E-state index is 0.599. The molecular weight excluding hydrogens is 641 g/mol. The fraction of sp³-hybridized carbons (Fsp3) is 0. The van der Waals surface area contributed by atoms with Crippen molar-refractivity contribution in [2.45, 2.75) is 0 Å². The Hall–Kier alpha value is -5.95. The largest absolute Gasteiger partial charge is 0.456 e. The van der Waals surface area contributed by atoms with Crippen molar-refractivity contribution in [3.63, 3.8) is 0 Å². The van der Waals surface area contributed by atoms with Gasteiger partial charge in [0, 0.05) is 68.7 Å². The fourth-order valence-electron chi connectivity index (χ4n) is 7.25. The molecule has 0 bridgehead atoms. The lowest BCUT2D eigenvalue weighted by atomic mass is 10.1. The molecule has 0 spiro atoms. The van der Waals surface area contributed by atoms with Crippen molar-refractivity contribution in [2.75, 3.05) is 4.90 Å². The quantitative estimate of drug-likeness (QED) is 0.188. The van der Waals surface area contributed by atoms with Crippen LogP contribution in [0.25, 0.3) is 84.8 Å². The van der Waals surface area contributed by atoms with Gasteiger partial charge in [-0.2, -0.15) is 0 Å². The lowest BCUT2D eigenvalue weighted by Crippen LogP contribution is -2.10. The van der Waals surface area contributed by atoms with Gasteiger partial charge < -0.3 is 13.7 Å². The van der Waals surface area contributed by atoms with Gasteiger partial charge in [-0.3, -0.25) is 0 Å². The summed E-state index contributed by atoms with van der Waals surface area (Å²) in [5.41, 5.74) is 7.26. The molecule has 0 N–H and O–H groups in total. The SMILES string of the molecule is c1ccc(-c2nc3cc4c(cc3o2)oc2cccc(N(c3ccc5c(c3)sc3ccccc35)c3ccc5sc6ccccc6c5c3)c24)cc1. The maximum atomic E-state index is 6.55. The van der Waals surface area contributed by atoms with Crippen LogP contribution in [0.5, 0.6) is 0 Å². The van der Waals surface area contributed by atoms with Crippen LogP contribution in [-0.4, -0.2) is 4.98 Å². The van der Waals surface area contributed by atoms with E-state index in [4.69, 9.17) is 13.8 Å². The highest BCUT2D eigenvalue weighted by Crippen LogP contribution is 2.47. The second kappa shape index (κ2) is 10.3. The molecule has 0 aliphatic rings. The number of anilines is 3. The lowest BCUT2D eigenvalue weighted by molar-refractivity contribution is 0.617. The second-order valence-corrected chi connectivity index (χ2v) is 14.5.